The van der Waals surface area contributed by atoms with Gasteiger partial charge in [0, 0.05) is 0 Å². The van der Waals surface area contributed by atoms with Gasteiger partial charge in [-0.2, -0.15) is 0 Å². The van der Waals surface area contributed by atoms with Gasteiger partial charge in [-0.3, -0.25) is 4.79 Å². The van der Waals surface area contributed by atoms with Crippen LogP contribution in [-0.4, -0.2) is 32.8 Å². The quantitative estimate of drug-likeness (QED) is 0.750. The summed E-state index contributed by atoms with van der Waals surface area (Å²) in [4.78, 5) is 11.4. The van der Waals surface area contributed by atoms with Crippen molar-refractivity contribution < 1.29 is 14.3 Å². The van der Waals surface area contributed by atoms with Crippen LogP contribution in [0.1, 0.15) is 18.9 Å². The first-order valence-corrected chi connectivity index (χ1v) is 6.18. The topological polar surface area (TPSA) is 47.6 Å². The second kappa shape index (κ2) is 7.71. The van der Waals surface area contributed by atoms with Crippen LogP contribution in [-0.2, 0) is 16.0 Å². The van der Waals surface area contributed by atoms with Gasteiger partial charge in [0.05, 0.1) is 13.7 Å². The molecule has 1 aromatic carbocycles. The van der Waals surface area contributed by atoms with Crippen molar-refractivity contribution in [2.45, 2.75) is 25.8 Å². The number of methoxy groups -OCH3 is 1. The van der Waals surface area contributed by atoms with Crippen LogP contribution in [0.2, 0.25) is 0 Å². The Kier molecular flexibility index (Phi) is 6.22. The lowest BCUT2D eigenvalue weighted by Crippen LogP contribution is -2.36. The summed E-state index contributed by atoms with van der Waals surface area (Å²) in [6.45, 7) is 2.79. The molecule has 18 heavy (non-hydrogen) atoms. The van der Waals surface area contributed by atoms with Crippen molar-refractivity contribution in [1.82, 2.24) is 5.32 Å². The van der Waals surface area contributed by atoms with Gasteiger partial charge in [0.25, 0.3) is 0 Å². The third-order valence-corrected chi connectivity index (χ3v) is 2.67. The van der Waals surface area contributed by atoms with Gasteiger partial charge in [0.2, 0.25) is 0 Å². The minimum Gasteiger partial charge on any atom is -0.494 e. The number of hydrogen-bond donors (Lipinski definition) is 1. The van der Waals surface area contributed by atoms with E-state index in [1.165, 1.54) is 7.11 Å². The number of rotatable bonds is 7. The van der Waals surface area contributed by atoms with E-state index in [9.17, 15) is 4.79 Å². The summed E-state index contributed by atoms with van der Waals surface area (Å²) in [6.07, 6.45) is 1.60. The normalized spacial score (nSPS) is 11.9. The van der Waals surface area contributed by atoms with E-state index in [-0.39, 0.29) is 12.0 Å². The van der Waals surface area contributed by atoms with E-state index >= 15 is 0 Å². The minimum absolute atomic E-state index is 0.246. The van der Waals surface area contributed by atoms with E-state index in [0.29, 0.717) is 6.42 Å². The van der Waals surface area contributed by atoms with E-state index in [4.69, 9.17) is 9.47 Å². The van der Waals surface area contributed by atoms with Gasteiger partial charge in [0.15, 0.2) is 0 Å². The zero-order chi connectivity index (χ0) is 13.4. The SMILES string of the molecule is CCCOc1ccc(C[C@H](NC)C(=O)OC)cc1. The first-order valence-electron chi connectivity index (χ1n) is 6.18. The number of carbonyl (C=O) groups is 1. The molecule has 1 N–H and O–H groups in total. The molecule has 1 atom stereocenters. The Hall–Kier alpha value is -1.55. The Morgan fingerprint density at radius 3 is 2.50 bits per heavy atom. The van der Waals surface area contributed by atoms with Crippen molar-refractivity contribution in [3.05, 3.63) is 29.8 Å². The van der Waals surface area contributed by atoms with Crippen LogP contribution in [0.5, 0.6) is 5.75 Å². The molecule has 0 aliphatic rings. The Labute approximate surface area is 108 Å². The second-order valence-corrected chi connectivity index (χ2v) is 4.06. The van der Waals surface area contributed by atoms with Crippen molar-refractivity contribution in [3.63, 3.8) is 0 Å². The Morgan fingerprint density at radius 1 is 1.33 bits per heavy atom. The number of nitrogens with one attached hydrogen (secondary N) is 1. The van der Waals surface area contributed by atoms with Crippen molar-refractivity contribution in [1.29, 1.82) is 0 Å². The molecule has 100 valence electrons. The van der Waals surface area contributed by atoms with Gasteiger partial charge in [-0.15, -0.1) is 0 Å². The number of hydrogen-bond acceptors (Lipinski definition) is 4. The van der Waals surface area contributed by atoms with Gasteiger partial charge < -0.3 is 14.8 Å². The molecule has 0 bridgehead atoms. The monoisotopic (exact) mass is 251 g/mol. The molecule has 1 aromatic rings. The van der Waals surface area contributed by atoms with Gasteiger partial charge in [-0.1, -0.05) is 19.1 Å². The average molecular weight is 251 g/mol. The van der Waals surface area contributed by atoms with E-state index in [1.54, 1.807) is 7.05 Å². The first-order chi connectivity index (χ1) is 8.71. The van der Waals surface area contributed by atoms with Crippen LogP contribution < -0.4 is 10.1 Å². The number of ether oxygens (including phenoxy) is 2. The summed E-state index contributed by atoms with van der Waals surface area (Å²) in [5.41, 5.74) is 1.07. The molecule has 4 nitrogen and oxygen atoms in total. The molecule has 0 saturated heterocycles. The fraction of sp³-hybridized carbons (Fsp3) is 0.500. The number of likely N-dealkylation sites (N-methyl/N-ethyl adjacent to an activating group) is 1. The highest BCUT2D eigenvalue weighted by molar-refractivity contribution is 5.76. The molecule has 0 amide bonds. The van der Waals surface area contributed by atoms with Crippen LogP contribution in [0.4, 0.5) is 0 Å². The molecule has 4 heteroatoms. The Morgan fingerprint density at radius 2 is 2.00 bits per heavy atom. The summed E-state index contributed by atoms with van der Waals surface area (Å²) >= 11 is 0. The lowest BCUT2D eigenvalue weighted by atomic mass is 10.1. The lowest BCUT2D eigenvalue weighted by Gasteiger charge is -2.13. The van der Waals surface area contributed by atoms with Gasteiger partial charge in [0.1, 0.15) is 11.8 Å². The fourth-order valence-electron chi connectivity index (χ4n) is 1.62. The molecule has 0 aliphatic carbocycles. The predicted molar refractivity (Wildman–Crippen MR) is 70.8 cm³/mol. The third-order valence-electron chi connectivity index (χ3n) is 2.67. The highest BCUT2D eigenvalue weighted by Crippen LogP contribution is 2.14. The highest BCUT2D eigenvalue weighted by Gasteiger charge is 2.16. The summed E-state index contributed by atoms with van der Waals surface area (Å²) < 4.78 is 10.2. The van der Waals surface area contributed by atoms with Crippen LogP contribution in [0.3, 0.4) is 0 Å². The average Bonchev–Trinajstić information content (AvgIpc) is 2.43. The van der Waals surface area contributed by atoms with Crippen LogP contribution in [0, 0.1) is 0 Å². The van der Waals surface area contributed by atoms with Crippen molar-refractivity contribution >= 4 is 5.97 Å². The van der Waals surface area contributed by atoms with E-state index < -0.39 is 0 Å². The zero-order valence-electron chi connectivity index (χ0n) is 11.2. The molecule has 0 spiro atoms. The summed E-state index contributed by atoms with van der Waals surface area (Å²) in [6, 6.07) is 7.48. The highest BCUT2D eigenvalue weighted by atomic mass is 16.5. The maximum Gasteiger partial charge on any atom is 0.323 e. The summed E-state index contributed by atoms with van der Waals surface area (Å²) in [5.74, 6) is 0.614. The molecule has 0 radical (unpaired) electrons. The maximum atomic E-state index is 11.4. The Bertz CT molecular complexity index is 362. The molecule has 1 rings (SSSR count). The van der Waals surface area contributed by atoms with Gasteiger partial charge in [-0.05, 0) is 37.6 Å². The predicted octanol–water partition coefficient (Wildman–Crippen LogP) is 1.78. The summed E-state index contributed by atoms with van der Waals surface area (Å²) in [7, 11) is 3.15. The van der Waals surface area contributed by atoms with Crippen LogP contribution in [0.15, 0.2) is 24.3 Å². The van der Waals surface area contributed by atoms with Crippen molar-refractivity contribution in [3.8, 4) is 5.75 Å². The zero-order valence-corrected chi connectivity index (χ0v) is 11.2. The summed E-state index contributed by atoms with van der Waals surface area (Å²) in [5, 5.41) is 2.94. The van der Waals surface area contributed by atoms with Crippen LogP contribution in [0.25, 0.3) is 0 Å². The molecule has 0 aliphatic heterocycles. The van der Waals surface area contributed by atoms with Crippen molar-refractivity contribution in [2.24, 2.45) is 0 Å². The number of esters is 1. The first kappa shape index (κ1) is 14.5. The molecular formula is C14H21NO3. The lowest BCUT2D eigenvalue weighted by molar-refractivity contribution is -0.142. The molecule has 0 fully saturated rings. The van der Waals surface area contributed by atoms with E-state index in [1.807, 2.05) is 24.3 Å². The number of benzene rings is 1. The smallest absolute Gasteiger partial charge is 0.323 e. The van der Waals surface area contributed by atoms with Crippen molar-refractivity contribution in [2.75, 3.05) is 20.8 Å². The van der Waals surface area contributed by atoms with E-state index in [2.05, 4.69) is 12.2 Å². The molecule has 0 saturated carbocycles. The second-order valence-electron chi connectivity index (χ2n) is 4.06. The molecule has 0 aromatic heterocycles. The standard InChI is InChI=1S/C14H21NO3/c1-4-9-18-12-7-5-11(6-8-12)10-13(15-2)14(16)17-3/h5-8,13,15H,4,9-10H2,1-3H3/t13-/m0/s1. The molecule has 0 unspecified atom stereocenters. The minimum atomic E-state index is -0.308. The fourth-order valence-corrected chi connectivity index (χ4v) is 1.62. The largest absolute Gasteiger partial charge is 0.494 e. The maximum absolute atomic E-state index is 11.4. The molecule has 0 heterocycles. The molecular weight excluding hydrogens is 230 g/mol. The van der Waals surface area contributed by atoms with Gasteiger partial charge >= 0.3 is 5.97 Å². The number of carbonyl (C=O) groups excluding carboxylic acids is 1. The van der Waals surface area contributed by atoms with Gasteiger partial charge in [-0.25, -0.2) is 0 Å². The van der Waals surface area contributed by atoms with E-state index in [0.717, 1.165) is 24.3 Å². The van der Waals surface area contributed by atoms with Crippen LogP contribution >= 0.6 is 0 Å². The Balaban J connectivity index is 2.59. The third kappa shape index (κ3) is 4.37.